The first-order chi connectivity index (χ1) is 28.7. The molecule has 0 aromatic carbocycles. The topological polar surface area (TPSA) is 112 Å². The number of carbonyl (C=O) groups is 2. The van der Waals surface area contributed by atoms with Gasteiger partial charge in [0.05, 0.1) is 13.2 Å². The van der Waals surface area contributed by atoms with E-state index in [0.29, 0.717) is 19.4 Å². The summed E-state index contributed by atoms with van der Waals surface area (Å²) >= 11 is 0. The van der Waals surface area contributed by atoms with E-state index in [4.69, 9.17) is 18.5 Å². The average Bonchev–Trinajstić information content (AvgIpc) is 3.20. The molecule has 0 rings (SSSR count). The molecule has 0 aromatic heterocycles. The van der Waals surface area contributed by atoms with E-state index >= 15 is 0 Å². The molecule has 0 amide bonds. The van der Waals surface area contributed by atoms with Crippen molar-refractivity contribution in [3.8, 4) is 0 Å². The van der Waals surface area contributed by atoms with Gasteiger partial charge in [0.2, 0.25) is 0 Å². The first-order valence-corrected chi connectivity index (χ1v) is 26.1. The van der Waals surface area contributed by atoms with Gasteiger partial charge in [0.1, 0.15) is 6.61 Å². The smallest absolute Gasteiger partial charge is 0.462 e. The third kappa shape index (κ3) is 45.8. The van der Waals surface area contributed by atoms with Crippen LogP contribution in [0.4, 0.5) is 0 Å². The quantitative estimate of drug-likeness (QED) is 0.0277. The van der Waals surface area contributed by atoms with Crippen LogP contribution in [0.5, 0.6) is 0 Å². The molecule has 0 aliphatic carbocycles. The standard InChI is InChI=1S/C49H94NO8P/c1-5-7-9-11-13-15-17-19-21-23-24-26-28-30-32-34-36-38-40-42-49(52)58-47(46-57-59(53,54)56-44-43-50(3)4)45-55-48(51)41-39-37-35-33-31-29-27-25-22-20-18-16-14-12-10-8-6-2/h13,15,19,21,47H,5-12,14,16-18,20,22-46H2,1-4H3,(H,53,54)/b15-13-,21-19-. The zero-order valence-corrected chi connectivity index (χ0v) is 39.9. The van der Waals surface area contributed by atoms with Crippen LogP contribution in [0.15, 0.2) is 24.3 Å². The van der Waals surface area contributed by atoms with Crippen molar-refractivity contribution in [3.63, 3.8) is 0 Å². The second kappa shape index (κ2) is 44.5. The number of hydrogen-bond donors (Lipinski definition) is 1. The summed E-state index contributed by atoms with van der Waals surface area (Å²) in [7, 11) is -0.707. The van der Waals surface area contributed by atoms with Crippen LogP contribution in [-0.4, -0.2) is 68.3 Å². The molecular formula is C49H94NO8P. The highest BCUT2D eigenvalue weighted by Crippen LogP contribution is 2.43. The first-order valence-electron chi connectivity index (χ1n) is 24.6. The minimum Gasteiger partial charge on any atom is -0.462 e. The van der Waals surface area contributed by atoms with E-state index in [1.54, 1.807) is 0 Å². The molecule has 0 bridgehead atoms. The molecule has 9 nitrogen and oxygen atoms in total. The van der Waals surface area contributed by atoms with E-state index in [9.17, 15) is 19.0 Å². The zero-order valence-electron chi connectivity index (χ0n) is 39.0. The summed E-state index contributed by atoms with van der Waals surface area (Å²) in [5.74, 6) is -0.795. The Balaban J connectivity index is 4.19. The molecule has 1 N–H and O–H groups in total. The van der Waals surface area contributed by atoms with Gasteiger partial charge in [0.25, 0.3) is 0 Å². The van der Waals surface area contributed by atoms with Gasteiger partial charge in [-0.05, 0) is 59.0 Å². The molecule has 0 aromatic rings. The molecule has 0 heterocycles. The van der Waals surface area contributed by atoms with Gasteiger partial charge in [-0.3, -0.25) is 18.6 Å². The first kappa shape index (κ1) is 57.5. The molecule has 0 aliphatic heterocycles. The fraction of sp³-hybridized carbons (Fsp3) is 0.878. The van der Waals surface area contributed by atoms with Gasteiger partial charge < -0.3 is 19.3 Å². The lowest BCUT2D eigenvalue weighted by atomic mass is 10.0. The summed E-state index contributed by atoms with van der Waals surface area (Å²) < 4.78 is 33.6. The Kier molecular flexibility index (Phi) is 43.4. The third-order valence-corrected chi connectivity index (χ3v) is 11.7. The van der Waals surface area contributed by atoms with Crippen molar-refractivity contribution in [2.45, 2.75) is 238 Å². The maximum atomic E-state index is 12.7. The van der Waals surface area contributed by atoms with Crippen molar-refractivity contribution < 1.29 is 37.6 Å². The van der Waals surface area contributed by atoms with Crippen molar-refractivity contribution in [2.24, 2.45) is 0 Å². The Morgan fingerprint density at radius 3 is 1.37 bits per heavy atom. The molecule has 2 unspecified atom stereocenters. The van der Waals surface area contributed by atoms with Gasteiger partial charge in [-0.1, -0.05) is 199 Å². The van der Waals surface area contributed by atoms with Gasteiger partial charge in [0, 0.05) is 19.4 Å². The highest BCUT2D eigenvalue weighted by atomic mass is 31.2. The zero-order chi connectivity index (χ0) is 43.3. The third-order valence-electron chi connectivity index (χ3n) is 10.8. The van der Waals surface area contributed by atoms with Crippen LogP contribution < -0.4 is 0 Å². The SMILES string of the molecule is CCCCC/C=C\C/C=C\CCCCCCCCCCCC(=O)OC(COC(=O)CCCCCCCCCCCCCCCCCCC)COP(=O)(O)OCCN(C)C. The summed E-state index contributed by atoms with van der Waals surface area (Å²) in [5.41, 5.74) is 0. The van der Waals surface area contributed by atoms with E-state index in [2.05, 4.69) is 38.2 Å². The second-order valence-corrected chi connectivity index (χ2v) is 18.5. The van der Waals surface area contributed by atoms with Gasteiger partial charge in [-0.15, -0.1) is 0 Å². The predicted octanol–water partition coefficient (Wildman–Crippen LogP) is 14.6. The lowest BCUT2D eigenvalue weighted by molar-refractivity contribution is -0.161. The molecule has 0 saturated carbocycles. The van der Waals surface area contributed by atoms with Gasteiger partial charge in [0.15, 0.2) is 6.10 Å². The number of ether oxygens (including phenoxy) is 2. The lowest BCUT2D eigenvalue weighted by Crippen LogP contribution is -2.29. The van der Waals surface area contributed by atoms with E-state index in [0.717, 1.165) is 44.9 Å². The minimum absolute atomic E-state index is 0.00868. The number of allylic oxidation sites excluding steroid dienone is 4. The van der Waals surface area contributed by atoms with Crippen LogP contribution in [0.1, 0.15) is 232 Å². The van der Waals surface area contributed by atoms with Crippen LogP contribution in [0.3, 0.4) is 0 Å². The molecule has 2 atom stereocenters. The Bertz CT molecular complexity index is 1040. The van der Waals surface area contributed by atoms with Crippen molar-refractivity contribution in [1.29, 1.82) is 0 Å². The van der Waals surface area contributed by atoms with Gasteiger partial charge in [-0.2, -0.15) is 0 Å². The van der Waals surface area contributed by atoms with Crippen molar-refractivity contribution in [2.75, 3.05) is 40.5 Å². The minimum atomic E-state index is -4.36. The largest absolute Gasteiger partial charge is 0.472 e. The van der Waals surface area contributed by atoms with E-state index in [1.165, 1.54) is 154 Å². The predicted molar refractivity (Wildman–Crippen MR) is 248 cm³/mol. The molecule has 0 radical (unpaired) electrons. The fourth-order valence-electron chi connectivity index (χ4n) is 6.95. The van der Waals surface area contributed by atoms with E-state index in [-0.39, 0.29) is 25.6 Å². The summed E-state index contributed by atoms with van der Waals surface area (Å²) in [4.78, 5) is 37.2. The number of hydrogen-bond acceptors (Lipinski definition) is 8. The Labute approximate surface area is 364 Å². The molecule has 0 spiro atoms. The van der Waals surface area contributed by atoms with E-state index < -0.39 is 26.5 Å². The molecule has 59 heavy (non-hydrogen) atoms. The van der Waals surface area contributed by atoms with Crippen LogP contribution in [0.25, 0.3) is 0 Å². The highest BCUT2D eigenvalue weighted by Gasteiger charge is 2.26. The number of carbonyl (C=O) groups excluding carboxylic acids is 2. The molecular weight excluding hydrogens is 762 g/mol. The average molecular weight is 856 g/mol. The highest BCUT2D eigenvalue weighted by molar-refractivity contribution is 7.47. The van der Waals surface area contributed by atoms with Gasteiger partial charge in [-0.25, -0.2) is 4.57 Å². The molecule has 0 aliphatic rings. The number of rotatable bonds is 46. The Morgan fingerprint density at radius 2 is 0.915 bits per heavy atom. The molecule has 0 saturated heterocycles. The van der Waals surface area contributed by atoms with Crippen LogP contribution in [0.2, 0.25) is 0 Å². The maximum Gasteiger partial charge on any atom is 0.472 e. The molecule has 10 heteroatoms. The summed E-state index contributed by atoms with van der Waals surface area (Å²) in [6.45, 7) is 4.33. The summed E-state index contributed by atoms with van der Waals surface area (Å²) in [5, 5.41) is 0. The van der Waals surface area contributed by atoms with Crippen LogP contribution in [-0.2, 0) is 32.7 Å². The number of nitrogens with zero attached hydrogens (tertiary/aromatic N) is 1. The normalized spacial score (nSPS) is 13.5. The Hall–Kier alpha value is -1.51. The second-order valence-electron chi connectivity index (χ2n) is 17.0. The van der Waals surface area contributed by atoms with Gasteiger partial charge >= 0.3 is 19.8 Å². The van der Waals surface area contributed by atoms with E-state index in [1.807, 2.05) is 19.0 Å². The van der Waals surface area contributed by atoms with Crippen LogP contribution >= 0.6 is 7.82 Å². The maximum absolute atomic E-state index is 12.7. The molecule has 348 valence electrons. The number of phosphoric acid groups is 1. The Morgan fingerprint density at radius 1 is 0.525 bits per heavy atom. The number of esters is 2. The summed E-state index contributed by atoms with van der Waals surface area (Å²) in [6.07, 6.45) is 47.9. The summed E-state index contributed by atoms with van der Waals surface area (Å²) in [6, 6.07) is 0. The fourth-order valence-corrected chi connectivity index (χ4v) is 7.70. The van der Waals surface area contributed by atoms with Crippen LogP contribution in [0, 0.1) is 0 Å². The molecule has 0 fully saturated rings. The lowest BCUT2D eigenvalue weighted by Gasteiger charge is -2.20. The number of unbranched alkanes of at least 4 members (excludes halogenated alkanes) is 28. The number of phosphoric ester groups is 1. The van der Waals surface area contributed by atoms with Crippen molar-refractivity contribution in [1.82, 2.24) is 4.90 Å². The van der Waals surface area contributed by atoms with Crippen molar-refractivity contribution in [3.05, 3.63) is 24.3 Å². The van der Waals surface area contributed by atoms with Crippen molar-refractivity contribution >= 4 is 19.8 Å². The monoisotopic (exact) mass is 856 g/mol. The number of likely N-dealkylation sites (N-methyl/N-ethyl adjacent to an activating group) is 1.